The van der Waals surface area contributed by atoms with Gasteiger partial charge in [-0.2, -0.15) is 0 Å². The van der Waals surface area contributed by atoms with E-state index in [1.807, 2.05) is 48.5 Å². The van der Waals surface area contributed by atoms with E-state index in [4.69, 9.17) is 14.5 Å². The number of carbonyl (C=O) groups is 1. The number of methoxy groups -OCH3 is 2. The summed E-state index contributed by atoms with van der Waals surface area (Å²) in [6.45, 7) is 0. The van der Waals surface area contributed by atoms with E-state index in [0.29, 0.717) is 16.5 Å². The van der Waals surface area contributed by atoms with E-state index in [0.717, 1.165) is 32.6 Å². The summed E-state index contributed by atoms with van der Waals surface area (Å²) < 4.78 is 11.6. The zero-order valence-corrected chi connectivity index (χ0v) is 21.2. The minimum absolute atomic E-state index is 0.187. The quantitative estimate of drug-likeness (QED) is 0.370. The van der Waals surface area contributed by atoms with E-state index in [9.17, 15) is 9.90 Å². The number of aromatic hydroxyl groups is 1. The molecule has 0 spiro atoms. The number of nitrogens with zero attached hydrogens (tertiary/aromatic N) is 1. The van der Waals surface area contributed by atoms with Gasteiger partial charge in [0.2, 0.25) is 0 Å². The molecule has 3 aromatic rings. The molecule has 0 bridgehead atoms. The molecule has 1 aliphatic heterocycles. The van der Waals surface area contributed by atoms with Crippen LogP contribution in [0.1, 0.15) is 45.7 Å². The number of ether oxygens (including phenoxy) is 2. The number of phenolic OH excluding ortho intramolecular Hbond substituents is 1. The van der Waals surface area contributed by atoms with E-state index >= 15 is 0 Å². The zero-order chi connectivity index (χ0) is 23.5. The molecule has 2 atom stereocenters. The Kier molecular flexibility index (Phi) is 7.17. The van der Waals surface area contributed by atoms with Crippen molar-refractivity contribution in [1.82, 2.24) is 5.32 Å². The van der Waals surface area contributed by atoms with Gasteiger partial charge in [0.25, 0.3) is 0 Å². The molecule has 33 heavy (non-hydrogen) atoms. The van der Waals surface area contributed by atoms with Crippen molar-refractivity contribution in [2.75, 3.05) is 14.2 Å². The van der Waals surface area contributed by atoms with Gasteiger partial charge in [-0.15, -0.1) is 0 Å². The fourth-order valence-electron chi connectivity index (χ4n) is 3.81. The number of esters is 1. The van der Waals surface area contributed by atoms with Gasteiger partial charge < -0.3 is 14.6 Å². The van der Waals surface area contributed by atoms with E-state index in [-0.39, 0.29) is 23.9 Å². The summed E-state index contributed by atoms with van der Waals surface area (Å²) in [6, 6.07) is 18.5. The van der Waals surface area contributed by atoms with E-state index in [1.165, 1.54) is 7.11 Å². The number of phenols is 1. The second-order valence-corrected chi connectivity index (χ2v) is 9.34. The lowest BCUT2D eigenvalue weighted by molar-refractivity contribution is 0.0600. The number of halogens is 2. The second kappa shape index (κ2) is 10.1. The summed E-state index contributed by atoms with van der Waals surface area (Å²) in [5.41, 5.74) is 4.01. The van der Waals surface area contributed by atoms with Gasteiger partial charge in [0, 0.05) is 28.2 Å². The Balaban J connectivity index is 1.74. The summed E-state index contributed by atoms with van der Waals surface area (Å²) in [4.78, 5) is 16.8. The van der Waals surface area contributed by atoms with Crippen LogP contribution in [0.4, 0.5) is 0 Å². The normalized spacial score (nSPS) is 17.9. The summed E-state index contributed by atoms with van der Waals surface area (Å²) in [5, 5.41) is 14.3. The standard InChI is InChI=1S/C25H22Br2N2O4/c1-32-18-9-7-14(8-10-18)21-13-22(19-11-17(26)12-20(27)23(19)30)29-24(28-21)15-3-5-16(6-4-15)25(31)33-2/h3-12,22,24,29-30H,13H2,1-2H3. The number of benzene rings is 3. The van der Waals surface area contributed by atoms with E-state index in [1.54, 1.807) is 19.2 Å². The van der Waals surface area contributed by atoms with E-state index < -0.39 is 0 Å². The maximum atomic E-state index is 11.8. The number of carbonyl (C=O) groups excluding carboxylic acids is 1. The zero-order valence-electron chi connectivity index (χ0n) is 18.0. The molecule has 2 N–H and O–H groups in total. The number of rotatable bonds is 5. The van der Waals surface area contributed by atoms with Gasteiger partial charge in [0.1, 0.15) is 17.7 Å². The molecule has 8 heteroatoms. The molecule has 1 aliphatic rings. The Morgan fingerprint density at radius 3 is 2.39 bits per heavy atom. The molecule has 0 amide bonds. The molecule has 4 rings (SSSR count). The fourth-order valence-corrected chi connectivity index (χ4v) is 5.06. The predicted octanol–water partition coefficient (Wildman–Crippen LogP) is 5.93. The van der Waals surface area contributed by atoms with Gasteiger partial charge in [-0.1, -0.05) is 28.1 Å². The highest BCUT2D eigenvalue weighted by atomic mass is 79.9. The van der Waals surface area contributed by atoms with Gasteiger partial charge >= 0.3 is 5.97 Å². The largest absolute Gasteiger partial charge is 0.506 e. The third kappa shape index (κ3) is 5.13. The smallest absolute Gasteiger partial charge is 0.337 e. The maximum Gasteiger partial charge on any atom is 0.337 e. The highest BCUT2D eigenvalue weighted by Gasteiger charge is 2.28. The number of hydrogen-bond acceptors (Lipinski definition) is 6. The molecule has 0 fully saturated rings. The summed E-state index contributed by atoms with van der Waals surface area (Å²) in [6.07, 6.45) is 0.212. The van der Waals surface area contributed by atoms with Crippen LogP contribution < -0.4 is 10.1 Å². The first-order valence-corrected chi connectivity index (χ1v) is 11.8. The maximum absolute atomic E-state index is 11.8. The Morgan fingerprint density at radius 1 is 1.06 bits per heavy atom. The van der Waals surface area contributed by atoms with Crippen LogP contribution in [0.5, 0.6) is 11.5 Å². The number of nitrogens with one attached hydrogen (secondary N) is 1. The minimum Gasteiger partial charge on any atom is -0.506 e. The summed E-state index contributed by atoms with van der Waals surface area (Å²) >= 11 is 6.95. The minimum atomic E-state index is -0.387. The van der Waals surface area contributed by atoms with Crippen molar-refractivity contribution in [3.63, 3.8) is 0 Å². The lowest BCUT2D eigenvalue weighted by Crippen LogP contribution is -2.33. The van der Waals surface area contributed by atoms with Gasteiger partial charge in [0.05, 0.1) is 24.3 Å². The Morgan fingerprint density at radius 2 is 1.76 bits per heavy atom. The fraction of sp³-hybridized carbons (Fsp3) is 0.200. The van der Waals surface area contributed by atoms with Crippen molar-refractivity contribution in [2.45, 2.75) is 18.6 Å². The average Bonchev–Trinajstić information content (AvgIpc) is 2.85. The van der Waals surface area contributed by atoms with E-state index in [2.05, 4.69) is 37.2 Å². The van der Waals surface area contributed by atoms with Gasteiger partial charge in [-0.05, 0) is 75.6 Å². The van der Waals surface area contributed by atoms with Crippen LogP contribution in [0.15, 0.2) is 74.6 Å². The molecule has 0 saturated heterocycles. The molecule has 3 aromatic carbocycles. The molecule has 2 unspecified atom stereocenters. The third-order valence-corrected chi connectivity index (χ3v) is 6.61. The second-order valence-electron chi connectivity index (χ2n) is 7.57. The average molecular weight is 574 g/mol. The van der Waals surface area contributed by atoms with Crippen molar-refractivity contribution < 1.29 is 19.4 Å². The molecule has 0 aliphatic carbocycles. The first-order chi connectivity index (χ1) is 15.9. The molecular weight excluding hydrogens is 552 g/mol. The van der Waals surface area contributed by atoms with Crippen LogP contribution in [0.3, 0.4) is 0 Å². The van der Waals surface area contributed by atoms with Gasteiger partial charge in [0.15, 0.2) is 0 Å². The Bertz CT molecular complexity index is 1190. The molecule has 0 radical (unpaired) electrons. The van der Waals surface area contributed by atoms with Crippen molar-refractivity contribution in [2.24, 2.45) is 4.99 Å². The van der Waals surface area contributed by atoms with Gasteiger partial charge in [-0.3, -0.25) is 10.3 Å². The topological polar surface area (TPSA) is 80.2 Å². The third-order valence-electron chi connectivity index (χ3n) is 5.55. The van der Waals surface area contributed by atoms with Crippen molar-refractivity contribution in [3.05, 3.63) is 91.9 Å². The predicted molar refractivity (Wildman–Crippen MR) is 134 cm³/mol. The Hall–Kier alpha value is -2.68. The van der Waals surface area contributed by atoms with Crippen molar-refractivity contribution >= 4 is 43.5 Å². The van der Waals surface area contributed by atoms with Crippen LogP contribution in [-0.4, -0.2) is 31.0 Å². The number of aliphatic imine (C=N–C) groups is 1. The number of hydrogen-bond donors (Lipinski definition) is 2. The van der Waals surface area contributed by atoms with Gasteiger partial charge in [-0.25, -0.2) is 4.79 Å². The molecule has 0 saturated carbocycles. The van der Waals surface area contributed by atoms with Crippen LogP contribution >= 0.6 is 31.9 Å². The SMILES string of the molecule is COC(=O)c1ccc(C2N=C(c3ccc(OC)cc3)CC(c3cc(Br)cc(Br)c3O)N2)cc1. The van der Waals surface area contributed by atoms with Crippen LogP contribution in [-0.2, 0) is 4.74 Å². The molecule has 1 heterocycles. The first kappa shape index (κ1) is 23.5. The first-order valence-electron chi connectivity index (χ1n) is 10.2. The highest BCUT2D eigenvalue weighted by molar-refractivity contribution is 9.11. The molecule has 6 nitrogen and oxygen atoms in total. The molecular formula is C25H22Br2N2O4. The monoisotopic (exact) mass is 572 g/mol. The van der Waals surface area contributed by atoms with Crippen molar-refractivity contribution in [1.29, 1.82) is 0 Å². The summed E-state index contributed by atoms with van der Waals surface area (Å²) in [7, 11) is 2.99. The van der Waals surface area contributed by atoms with Crippen LogP contribution in [0, 0.1) is 0 Å². The molecule has 170 valence electrons. The summed E-state index contributed by atoms with van der Waals surface area (Å²) in [5.74, 6) is 0.571. The Labute approximate surface area is 208 Å². The highest BCUT2D eigenvalue weighted by Crippen LogP contribution is 2.39. The lowest BCUT2D eigenvalue weighted by atomic mass is 9.93. The van der Waals surface area contributed by atoms with Crippen LogP contribution in [0.25, 0.3) is 0 Å². The van der Waals surface area contributed by atoms with Crippen molar-refractivity contribution in [3.8, 4) is 11.5 Å². The van der Waals surface area contributed by atoms with Crippen LogP contribution in [0.2, 0.25) is 0 Å². The molecule has 0 aromatic heterocycles. The lowest BCUT2D eigenvalue weighted by Gasteiger charge is -2.31.